The van der Waals surface area contributed by atoms with Crippen molar-refractivity contribution in [1.29, 1.82) is 0 Å². The molecule has 1 heterocycles. The Morgan fingerprint density at radius 2 is 2.42 bits per heavy atom. The number of aromatic nitrogens is 3. The van der Waals surface area contributed by atoms with E-state index in [-0.39, 0.29) is 0 Å². The van der Waals surface area contributed by atoms with Gasteiger partial charge in [-0.05, 0) is 19.3 Å². The average molecular weight is 163 g/mol. The molecule has 0 aromatic carbocycles. The SMILES string of the molecule is C=C1CCCCC1c1ncn[nH]1. The second-order valence-corrected chi connectivity index (χ2v) is 3.33. The van der Waals surface area contributed by atoms with E-state index >= 15 is 0 Å². The van der Waals surface area contributed by atoms with Crippen LogP contribution in [-0.4, -0.2) is 15.2 Å². The number of allylic oxidation sites excluding steroid dienone is 1. The minimum atomic E-state index is 0.432. The zero-order chi connectivity index (χ0) is 8.39. The van der Waals surface area contributed by atoms with E-state index < -0.39 is 0 Å². The van der Waals surface area contributed by atoms with Gasteiger partial charge in [0.25, 0.3) is 0 Å². The van der Waals surface area contributed by atoms with Gasteiger partial charge in [-0.2, -0.15) is 5.10 Å². The largest absolute Gasteiger partial charge is 0.263 e. The van der Waals surface area contributed by atoms with Crippen molar-refractivity contribution < 1.29 is 0 Å². The van der Waals surface area contributed by atoms with Crippen LogP contribution in [0.1, 0.15) is 37.4 Å². The highest BCUT2D eigenvalue weighted by molar-refractivity contribution is 5.16. The first kappa shape index (κ1) is 7.53. The Bertz CT molecular complexity index is 263. The summed E-state index contributed by atoms with van der Waals surface area (Å²) in [4.78, 5) is 4.16. The van der Waals surface area contributed by atoms with Crippen LogP contribution in [0, 0.1) is 0 Å². The monoisotopic (exact) mass is 163 g/mol. The van der Waals surface area contributed by atoms with Crippen LogP contribution in [0.5, 0.6) is 0 Å². The van der Waals surface area contributed by atoms with E-state index in [0.29, 0.717) is 5.92 Å². The van der Waals surface area contributed by atoms with Crippen LogP contribution in [0.2, 0.25) is 0 Å². The summed E-state index contributed by atoms with van der Waals surface area (Å²) in [5.41, 5.74) is 1.30. The maximum atomic E-state index is 4.16. The van der Waals surface area contributed by atoms with Crippen molar-refractivity contribution in [1.82, 2.24) is 15.2 Å². The number of hydrogen-bond acceptors (Lipinski definition) is 2. The van der Waals surface area contributed by atoms with Gasteiger partial charge >= 0.3 is 0 Å². The van der Waals surface area contributed by atoms with Gasteiger partial charge in [0.2, 0.25) is 0 Å². The molecule has 0 amide bonds. The molecule has 1 unspecified atom stereocenters. The molecule has 12 heavy (non-hydrogen) atoms. The maximum absolute atomic E-state index is 4.16. The molecule has 0 radical (unpaired) electrons. The van der Waals surface area contributed by atoms with Crippen LogP contribution in [-0.2, 0) is 0 Å². The van der Waals surface area contributed by atoms with Crippen LogP contribution in [0.15, 0.2) is 18.5 Å². The first-order chi connectivity index (χ1) is 5.88. The zero-order valence-electron chi connectivity index (χ0n) is 7.08. The van der Waals surface area contributed by atoms with Crippen LogP contribution in [0.25, 0.3) is 0 Å². The third-order valence-electron chi connectivity index (χ3n) is 2.50. The number of aromatic amines is 1. The summed E-state index contributed by atoms with van der Waals surface area (Å²) in [6.07, 6.45) is 6.45. The lowest BCUT2D eigenvalue weighted by molar-refractivity contribution is 0.526. The van der Waals surface area contributed by atoms with Gasteiger partial charge in [-0.3, -0.25) is 5.10 Å². The Balaban J connectivity index is 2.17. The van der Waals surface area contributed by atoms with Gasteiger partial charge in [0.15, 0.2) is 0 Å². The van der Waals surface area contributed by atoms with Gasteiger partial charge < -0.3 is 0 Å². The zero-order valence-corrected chi connectivity index (χ0v) is 7.08. The maximum Gasteiger partial charge on any atom is 0.137 e. The predicted octanol–water partition coefficient (Wildman–Crippen LogP) is 2.02. The summed E-state index contributed by atoms with van der Waals surface area (Å²) >= 11 is 0. The van der Waals surface area contributed by atoms with Crippen molar-refractivity contribution >= 4 is 0 Å². The number of rotatable bonds is 1. The summed E-state index contributed by atoms with van der Waals surface area (Å²) in [6, 6.07) is 0. The molecular formula is C9H13N3. The van der Waals surface area contributed by atoms with E-state index in [1.165, 1.54) is 24.8 Å². The van der Waals surface area contributed by atoms with E-state index in [9.17, 15) is 0 Å². The Morgan fingerprint density at radius 3 is 3.08 bits per heavy atom. The first-order valence-corrected chi connectivity index (χ1v) is 4.41. The molecule has 1 aromatic rings. The molecule has 3 nitrogen and oxygen atoms in total. The highest BCUT2D eigenvalue weighted by Gasteiger charge is 2.20. The Morgan fingerprint density at radius 1 is 1.50 bits per heavy atom. The third-order valence-corrected chi connectivity index (χ3v) is 2.50. The fraction of sp³-hybridized carbons (Fsp3) is 0.556. The molecule has 64 valence electrons. The van der Waals surface area contributed by atoms with Gasteiger partial charge in [-0.25, -0.2) is 4.98 Å². The lowest BCUT2D eigenvalue weighted by atomic mass is 9.85. The molecule has 1 aromatic heterocycles. The predicted molar refractivity (Wildman–Crippen MR) is 46.7 cm³/mol. The van der Waals surface area contributed by atoms with Crippen molar-refractivity contribution in [3.05, 3.63) is 24.3 Å². The molecule has 0 bridgehead atoms. The van der Waals surface area contributed by atoms with Crippen LogP contribution < -0.4 is 0 Å². The molecule has 3 heteroatoms. The molecule has 0 aliphatic heterocycles. The quantitative estimate of drug-likeness (QED) is 0.643. The molecular weight excluding hydrogens is 150 g/mol. The molecule has 1 aliphatic rings. The summed E-state index contributed by atoms with van der Waals surface area (Å²) in [5.74, 6) is 1.42. The Kier molecular flexibility index (Phi) is 1.94. The standard InChI is InChI=1S/C9H13N3/c1-7-4-2-3-5-8(7)9-10-6-11-12-9/h6,8H,1-5H2,(H,10,11,12). The average Bonchev–Trinajstić information content (AvgIpc) is 2.57. The van der Waals surface area contributed by atoms with E-state index in [0.717, 1.165) is 12.2 Å². The molecule has 1 atom stereocenters. The third kappa shape index (κ3) is 1.26. The molecule has 1 saturated carbocycles. The van der Waals surface area contributed by atoms with Gasteiger partial charge in [-0.1, -0.05) is 18.6 Å². The molecule has 1 N–H and O–H groups in total. The fourth-order valence-corrected chi connectivity index (χ4v) is 1.79. The number of H-pyrrole nitrogens is 1. The summed E-state index contributed by atoms with van der Waals surface area (Å²) in [5, 5.41) is 6.77. The van der Waals surface area contributed by atoms with Crippen molar-refractivity contribution in [2.24, 2.45) is 0 Å². The van der Waals surface area contributed by atoms with E-state index in [2.05, 4.69) is 21.8 Å². The van der Waals surface area contributed by atoms with Crippen LogP contribution >= 0.6 is 0 Å². The molecule has 0 spiro atoms. The number of hydrogen-bond donors (Lipinski definition) is 1. The van der Waals surface area contributed by atoms with Crippen molar-refractivity contribution in [3.8, 4) is 0 Å². The minimum Gasteiger partial charge on any atom is -0.263 e. The summed E-state index contributed by atoms with van der Waals surface area (Å²) in [7, 11) is 0. The molecule has 1 fully saturated rings. The summed E-state index contributed by atoms with van der Waals surface area (Å²) < 4.78 is 0. The van der Waals surface area contributed by atoms with Crippen molar-refractivity contribution in [2.75, 3.05) is 0 Å². The normalized spacial score (nSPS) is 24.3. The highest BCUT2D eigenvalue weighted by atomic mass is 15.2. The van der Waals surface area contributed by atoms with Crippen LogP contribution in [0.3, 0.4) is 0 Å². The number of nitrogens with zero attached hydrogens (tertiary/aromatic N) is 2. The van der Waals surface area contributed by atoms with Gasteiger partial charge in [0.1, 0.15) is 12.2 Å². The fourth-order valence-electron chi connectivity index (χ4n) is 1.79. The van der Waals surface area contributed by atoms with Gasteiger partial charge in [0, 0.05) is 5.92 Å². The molecule has 0 saturated heterocycles. The minimum absolute atomic E-state index is 0.432. The smallest absolute Gasteiger partial charge is 0.137 e. The Hall–Kier alpha value is -1.12. The second kappa shape index (κ2) is 3.09. The van der Waals surface area contributed by atoms with Gasteiger partial charge in [-0.15, -0.1) is 0 Å². The first-order valence-electron chi connectivity index (χ1n) is 4.41. The Labute approximate surface area is 71.9 Å². The highest BCUT2D eigenvalue weighted by Crippen LogP contribution is 2.33. The van der Waals surface area contributed by atoms with E-state index in [4.69, 9.17) is 0 Å². The van der Waals surface area contributed by atoms with Crippen molar-refractivity contribution in [2.45, 2.75) is 31.6 Å². The molecule has 2 rings (SSSR count). The van der Waals surface area contributed by atoms with E-state index in [1.54, 1.807) is 6.33 Å². The van der Waals surface area contributed by atoms with Crippen LogP contribution in [0.4, 0.5) is 0 Å². The molecule has 1 aliphatic carbocycles. The second-order valence-electron chi connectivity index (χ2n) is 3.33. The topological polar surface area (TPSA) is 41.6 Å². The van der Waals surface area contributed by atoms with Crippen molar-refractivity contribution in [3.63, 3.8) is 0 Å². The summed E-state index contributed by atoms with van der Waals surface area (Å²) in [6.45, 7) is 4.06. The van der Waals surface area contributed by atoms with Gasteiger partial charge in [0.05, 0.1) is 0 Å². The lowest BCUT2D eigenvalue weighted by Gasteiger charge is -2.21. The number of nitrogens with one attached hydrogen (secondary N) is 1. The van der Waals surface area contributed by atoms with E-state index in [1.807, 2.05) is 0 Å². The lowest BCUT2D eigenvalue weighted by Crippen LogP contribution is -2.09.